The van der Waals surface area contributed by atoms with Crippen LogP contribution in [0.3, 0.4) is 0 Å². The molecule has 0 saturated carbocycles. The van der Waals surface area contributed by atoms with Gasteiger partial charge in [0.25, 0.3) is 5.91 Å². The van der Waals surface area contributed by atoms with Crippen molar-refractivity contribution in [3.63, 3.8) is 0 Å². The smallest absolute Gasteiger partial charge is 0.262 e. The van der Waals surface area contributed by atoms with Gasteiger partial charge in [-0.15, -0.1) is 11.3 Å². The van der Waals surface area contributed by atoms with Crippen LogP contribution in [0.25, 0.3) is 0 Å². The summed E-state index contributed by atoms with van der Waals surface area (Å²) < 4.78 is 5.29. The fraction of sp³-hybridized carbons (Fsp3) is 0.545. The van der Waals surface area contributed by atoms with Gasteiger partial charge in [0, 0.05) is 19.6 Å². The lowest BCUT2D eigenvalue weighted by molar-refractivity contribution is -0.0251. The number of hydrogen-bond donors (Lipinski definition) is 2. The third-order valence-corrected chi connectivity index (χ3v) is 4.38. The summed E-state index contributed by atoms with van der Waals surface area (Å²) in [6.07, 6.45) is 0.272. The highest BCUT2D eigenvalue weighted by atomic mass is 35.5. The molecule has 2 atom stereocenters. The van der Waals surface area contributed by atoms with E-state index in [0.29, 0.717) is 22.9 Å². The summed E-state index contributed by atoms with van der Waals surface area (Å²) in [6.45, 7) is 2.51. The van der Waals surface area contributed by atoms with Crippen LogP contribution in [0.2, 0.25) is 5.02 Å². The number of amides is 1. The molecular weight excluding hydrogens is 262 g/mol. The summed E-state index contributed by atoms with van der Waals surface area (Å²) in [5.74, 6) is -0.252. The number of ether oxygens (including phenoxy) is 1. The lowest BCUT2D eigenvalue weighted by Gasteiger charge is -2.25. The molecule has 0 radical (unpaired) electrons. The molecule has 1 aromatic heterocycles. The van der Waals surface area contributed by atoms with Gasteiger partial charge in [-0.05, 0) is 18.4 Å². The maximum Gasteiger partial charge on any atom is 0.262 e. The molecule has 1 amide bonds. The standard InChI is InChI=1S/C11H14ClNO3S/c1-7-11(15,3-4-16-7)6-13-10(14)9-8(12)2-5-17-9/h2,5,7,15H,3-4,6H2,1H3,(H,13,14). The van der Waals surface area contributed by atoms with Gasteiger partial charge < -0.3 is 15.2 Å². The molecule has 0 aromatic carbocycles. The molecule has 1 aromatic rings. The predicted molar refractivity (Wildman–Crippen MR) is 66.6 cm³/mol. The number of rotatable bonds is 3. The largest absolute Gasteiger partial charge is 0.385 e. The third kappa shape index (κ3) is 2.63. The molecule has 2 N–H and O–H groups in total. The van der Waals surface area contributed by atoms with Crippen molar-refractivity contribution in [3.05, 3.63) is 21.3 Å². The Kier molecular flexibility index (Phi) is 3.73. The van der Waals surface area contributed by atoms with Gasteiger partial charge in [0.15, 0.2) is 0 Å². The van der Waals surface area contributed by atoms with Crippen molar-refractivity contribution in [2.24, 2.45) is 0 Å². The second-order valence-corrected chi connectivity index (χ2v) is 5.47. The molecular formula is C11H14ClNO3S. The SMILES string of the molecule is CC1OCCC1(O)CNC(=O)c1sccc1Cl. The second-order valence-electron chi connectivity index (χ2n) is 4.15. The Hall–Kier alpha value is -0.620. The van der Waals surface area contributed by atoms with E-state index in [1.807, 2.05) is 0 Å². The molecule has 0 spiro atoms. The monoisotopic (exact) mass is 275 g/mol. The molecule has 6 heteroatoms. The van der Waals surface area contributed by atoms with E-state index in [0.717, 1.165) is 0 Å². The van der Waals surface area contributed by atoms with Gasteiger partial charge in [0.2, 0.25) is 0 Å². The van der Waals surface area contributed by atoms with E-state index in [-0.39, 0.29) is 18.6 Å². The predicted octanol–water partition coefficient (Wildman–Crippen LogP) is 1.67. The Bertz CT molecular complexity index is 423. The van der Waals surface area contributed by atoms with Crippen molar-refractivity contribution >= 4 is 28.8 Å². The van der Waals surface area contributed by atoms with Gasteiger partial charge in [-0.1, -0.05) is 11.6 Å². The summed E-state index contributed by atoms with van der Waals surface area (Å²) >= 11 is 7.14. The summed E-state index contributed by atoms with van der Waals surface area (Å²) in [5.41, 5.74) is -0.973. The minimum absolute atomic E-state index is 0.182. The topological polar surface area (TPSA) is 58.6 Å². The van der Waals surface area contributed by atoms with Gasteiger partial charge >= 0.3 is 0 Å². The lowest BCUT2D eigenvalue weighted by Crippen LogP contribution is -2.47. The summed E-state index contributed by atoms with van der Waals surface area (Å²) in [5, 5.41) is 15.1. The molecule has 0 bridgehead atoms. The van der Waals surface area contributed by atoms with E-state index in [4.69, 9.17) is 16.3 Å². The molecule has 1 aliphatic rings. The van der Waals surface area contributed by atoms with Crippen LogP contribution in [0.5, 0.6) is 0 Å². The first kappa shape index (κ1) is 12.8. The van der Waals surface area contributed by atoms with E-state index < -0.39 is 5.60 Å². The van der Waals surface area contributed by atoms with Crippen LogP contribution in [-0.4, -0.2) is 35.9 Å². The molecule has 1 saturated heterocycles. The van der Waals surface area contributed by atoms with Crippen molar-refractivity contribution in [1.82, 2.24) is 5.32 Å². The van der Waals surface area contributed by atoms with Crippen LogP contribution < -0.4 is 5.32 Å². The zero-order valence-electron chi connectivity index (χ0n) is 9.40. The molecule has 2 rings (SSSR count). The van der Waals surface area contributed by atoms with E-state index in [9.17, 15) is 9.90 Å². The van der Waals surface area contributed by atoms with Crippen LogP contribution in [0, 0.1) is 0 Å². The average molecular weight is 276 g/mol. The van der Waals surface area contributed by atoms with Gasteiger partial charge in [-0.2, -0.15) is 0 Å². The quantitative estimate of drug-likeness (QED) is 0.882. The van der Waals surface area contributed by atoms with Gasteiger partial charge in [-0.25, -0.2) is 0 Å². The summed E-state index contributed by atoms with van der Waals surface area (Å²) in [4.78, 5) is 12.3. The first-order chi connectivity index (χ1) is 8.03. The Balaban J connectivity index is 1.95. The average Bonchev–Trinajstić information content (AvgIpc) is 2.84. The van der Waals surface area contributed by atoms with Crippen LogP contribution in [0.1, 0.15) is 23.0 Å². The first-order valence-electron chi connectivity index (χ1n) is 5.38. The molecule has 2 heterocycles. The molecule has 17 heavy (non-hydrogen) atoms. The highest BCUT2D eigenvalue weighted by Crippen LogP contribution is 2.26. The van der Waals surface area contributed by atoms with Crippen molar-refractivity contribution < 1.29 is 14.6 Å². The Morgan fingerprint density at radius 3 is 3.12 bits per heavy atom. The zero-order chi connectivity index (χ0) is 12.5. The van der Waals surface area contributed by atoms with Crippen molar-refractivity contribution in [1.29, 1.82) is 0 Å². The highest BCUT2D eigenvalue weighted by molar-refractivity contribution is 7.12. The minimum Gasteiger partial charge on any atom is -0.385 e. The molecule has 4 nitrogen and oxygen atoms in total. The van der Waals surface area contributed by atoms with E-state index in [1.165, 1.54) is 11.3 Å². The van der Waals surface area contributed by atoms with Crippen LogP contribution >= 0.6 is 22.9 Å². The van der Waals surface area contributed by atoms with Gasteiger partial charge in [0.05, 0.1) is 11.1 Å². The second kappa shape index (κ2) is 4.94. The molecule has 1 aliphatic heterocycles. The number of carbonyl (C=O) groups excluding carboxylic acids is 1. The molecule has 1 fully saturated rings. The van der Waals surface area contributed by atoms with Gasteiger partial charge in [-0.3, -0.25) is 4.79 Å². The van der Waals surface area contributed by atoms with Crippen LogP contribution in [-0.2, 0) is 4.74 Å². The number of thiophene rings is 1. The first-order valence-corrected chi connectivity index (χ1v) is 6.64. The van der Waals surface area contributed by atoms with Crippen molar-refractivity contribution in [3.8, 4) is 0 Å². The molecule has 0 aliphatic carbocycles. The number of hydrogen-bond acceptors (Lipinski definition) is 4. The van der Waals surface area contributed by atoms with E-state index >= 15 is 0 Å². The molecule has 94 valence electrons. The highest BCUT2D eigenvalue weighted by Gasteiger charge is 2.39. The summed E-state index contributed by atoms with van der Waals surface area (Å²) in [6, 6.07) is 1.68. The molecule has 2 unspecified atom stereocenters. The van der Waals surface area contributed by atoms with E-state index in [1.54, 1.807) is 18.4 Å². The Morgan fingerprint density at radius 2 is 2.59 bits per heavy atom. The van der Waals surface area contributed by atoms with Crippen molar-refractivity contribution in [2.75, 3.05) is 13.2 Å². The van der Waals surface area contributed by atoms with E-state index in [2.05, 4.69) is 5.32 Å². The maximum absolute atomic E-state index is 11.8. The number of nitrogens with one attached hydrogen (secondary N) is 1. The fourth-order valence-corrected chi connectivity index (χ4v) is 2.83. The fourth-order valence-electron chi connectivity index (χ4n) is 1.77. The van der Waals surface area contributed by atoms with Crippen LogP contribution in [0.4, 0.5) is 0 Å². The maximum atomic E-state index is 11.8. The van der Waals surface area contributed by atoms with Crippen molar-refractivity contribution in [2.45, 2.75) is 25.0 Å². The Labute approximate surface area is 109 Å². The summed E-state index contributed by atoms with van der Waals surface area (Å²) in [7, 11) is 0. The van der Waals surface area contributed by atoms with Crippen LogP contribution in [0.15, 0.2) is 11.4 Å². The number of halogens is 1. The Morgan fingerprint density at radius 1 is 1.82 bits per heavy atom. The zero-order valence-corrected chi connectivity index (χ0v) is 11.0. The normalized spacial score (nSPS) is 28.3. The number of carbonyl (C=O) groups is 1. The number of aliphatic hydroxyl groups is 1. The lowest BCUT2D eigenvalue weighted by atomic mass is 9.97. The minimum atomic E-state index is -0.973. The van der Waals surface area contributed by atoms with Gasteiger partial charge in [0.1, 0.15) is 10.5 Å². The third-order valence-electron chi connectivity index (χ3n) is 3.04.